The molecule has 26 heavy (non-hydrogen) atoms. The first-order chi connectivity index (χ1) is 12.4. The van der Waals surface area contributed by atoms with Crippen molar-refractivity contribution in [3.05, 3.63) is 29.8 Å². The quantitative estimate of drug-likeness (QED) is 0.890. The lowest BCUT2D eigenvalue weighted by Gasteiger charge is -2.54. The van der Waals surface area contributed by atoms with E-state index in [9.17, 15) is 14.7 Å². The summed E-state index contributed by atoms with van der Waals surface area (Å²) >= 11 is 0. The number of piperidine rings is 2. The first-order valence-corrected chi connectivity index (χ1v) is 9.33. The highest BCUT2D eigenvalue weighted by molar-refractivity contribution is 5.95. The average Bonchev–Trinajstić information content (AvgIpc) is 2.66. The molecule has 0 aromatic heterocycles. The van der Waals surface area contributed by atoms with Crippen molar-refractivity contribution >= 4 is 17.5 Å². The fraction of sp³-hybridized carbons (Fsp3) is 0.600. The van der Waals surface area contributed by atoms with E-state index >= 15 is 0 Å². The number of amides is 2. The van der Waals surface area contributed by atoms with E-state index in [0.717, 1.165) is 24.9 Å². The number of carbonyl (C=O) groups is 2. The minimum absolute atomic E-state index is 0.00294. The molecule has 1 N–H and O–H groups in total. The summed E-state index contributed by atoms with van der Waals surface area (Å²) in [6.45, 7) is 3.46. The van der Waals surface area contributed by atoms with Crippen LogP contribution in [0, 0.1) is 5.41 Å². The van der Waals surface area contributed by atoms with E-state index in [0.29, 0.717) is 25.2 Å². The summed E-state index contributed by atoms with van der Waals surface area (Å²) in [5.41, 5.74) is 1.27. The Labute approximate surface area is 155 Å². The molecule has 6 nitrogen and oxygen atoms in total. The van der Waals surface area contributed by atoms with Crippen LogP contribution in [0.3, 0.4) is 0 Å². The highest BCUT2D eigenvalue weighted by atomic mass is 16.3. The Morgan fingerprint density at radius 1 is 1.31 bits per heavy atom. The average molecular weight is 359 g/mol. The van der Waals surface area contributed by atoms with E-state index in [4.69, 9.17) is 0 Å². The summed E-state index contributed by atoms with van der Waals surface area (Å²) in [5, 5.41) is 10.2. The fourth-order valence-corrected chi connectivity index (χ4v) is 4.47. The molecule has 142 valence electrons. The van der Waals surface area contributed by atoms with Crippen LogP contribution in [0.2, 0.25) is 0 Å². The topological polar surface area (TPSA) is 64.1 Å². The van der Waals surface area contributed by atoms with E-state index in [1.54, 1.807) is 6.92 Å². The van der Waals surface area contributed by atoms with Crippen LogP contribution in [0.1, 0.15) is 36.5 Å². The Morgan fingerprint density at radius 3 is 2.73 bits per heavy atom. The lowest BCUT2D eigenvalue weighted by Crippen LogP contribution is -2.64. The lowest BCUT2D eigenvalue weighted by atomic mass is 9.69. The molecule has 0 radical (unpaired) electrons. The van der Waals surface area contributed by atoms with Gasteiger partial charge >= 0.3 is 0 Å². The molecule has 0 aliphatic carbocycles. The number of fused-ring (bicyclic) bond motifs is 1. The molecule has 2 atom stereocenters. The smallest absolute Gasteiger partial charge is 0.254 e. The second-order valence-electron chi connectivity index (χ2n) is 7.81. The van der Waals surface area contributed by atoms with Crippen molar-refractivity contribution in [3.8, 4) is 0 Å². The summed E-state index contributed by atoms with van der Waals surface area (Å²) in [6.07, 6.45) is 2.42. The summed E-state index contributed by atoms with van der Waals surface area (Å²) in [6, 6.07) is 7.64. The zero-order valence-corrected chi connectivity index (χ0v) is 15.9. The zero-order valence-electron chi connectivity index (χ0n) is 15.9. The normalized spacial score (nSPS) is 25.6. The maximum atomic E-state index is 13.2. The van der Waals surface area contributed by atoms with E-state index in [2.05, 4.69) is 0 Å². The molecule has 1 aromatic carbocycles. The Kier molecular flexibility index (Phi) is 5.23. The fourth-order valence-electron chi connectivity index (χ4n) is 4.47. The second kappa shape index (κ2) is 7.27. The number of hydrogen-bond acceptors (Lipinski definition) is 4. The number of hydrogen-bond donors (Lipinski definition) is 1. The van der Waals surface area contributed by atoms with Gasteiger partial charge in [-0.25, -0.2) is 0 Å². The number of rotatable bonds is 3. The third-order valence-corrected chi connectivity index (χ3v) is 5.97. The number of nitrogens with zero attached hydrogens (tertiary/aromatic N) is 3. The predicted octanol–water partition coefficient (Wildman–Crippen LogP) is 1.59. The Hall–Kier alpha value is -2.08. The SMILES string of the molecule is CC(=O)N1CC[C@H]2N(C(=O)c3cccc(N(C)C)c3)CCC[C@]2(CO)C1. The number of aliphatic hydroxyl groups excluding tert-OH is 1. The number of likely N-dealkylation sites (tertiary alicyclic amines) is 2. The van der Waals surface area contributed by atoms with Crippen molar-refractivity contribution < 1.29 is 14.7 Å². The summed E-state index contributed by atoms with van der Waals surface area (Å²) in [5.74, 6) is 0.0610. The van der Waals surface area contributed by atoms with Crippen LogP contribution in [0.4, 0.5) is 5.69 Å². The van der Waals surface area contributed by atoms with Gasteiger partial charge in [-0.2, -0.15) is 0 Å². The monoisotopic (exact) mass is 359 g/mol. The third-order valence-electron chi connectivity index (χ3n) is 5.97. The van der Waals surface area contributed by atoms with E-state index < -0.39 is 5.41 Å². The van der Waals surface area contributed by atoms with Crippen molar-refractivity contribution in [2.45, 2.75) is 32.2 Å². The van der Waals surface area contributed by atoms with Crippen molar-refractivity contribution in [1.82, 2.24) is 9.80 Å². The van der Waals surface area contributed by atoms with Crippen LogP contribution in [0.25, 0.3) is 0 Å². The molecule has 0 saturated carbocycles. The zero-order chi connectivity index (χ0) is 18.9. The molecule has 2 aliphatic heterocycles. The van der Waals surface area contributed by atoms with Gasteiger partial charge in [0.1, 0.15) is 0 Å². The van der Waals surface area contributed by atoms with Gasteiger partial charge in [0.2, 0.25) is 5.91 Å². The van der Waals surface area contributed by atoms with Gasteiger partial charge in [-0.15, -0.1) is 0 Å². The van der Waals surface area contributed by atoms with Gasteiger partial charge in [0, 0.05) is 63.4 Å². The summed E-state index contributed by atoms with van der Waals surface area (Å²) < 4.78 is 0. The molecule has 2 fully saturated rings. The molecule has 2 saturated heterocycles. The van der Waals surface area contributed by atoms with Gasteiger partial charge in [0.25, 0.3) is 5.91 Å². The van der Waals surface area contributed by atoms with Gasteiger partial charge in [-0.1, -0.05) is 6.07 Å². The molecule has 2 amide bonds. The number of benzene rings is 1. The standard InChI is InChI=1S/C20H29N3O3/c1-15(25)22-11-8-18-20(13-22,14-24)9-5-10-23(18)19(26)16-6-4-7-17(12-16)21(2)3/h4,6-7,12,18,24H,5,8-11,13-14H2,1-3H3/t18-,20-/m1/s1. The van der Waals surface area contributed by atoms with Gasteiger partial charge in [-0.3, -0.25) is 9.59 Å². The van der Waals surface area contributed by atoms with Crippen LogP contribution < -0.4 is 4.90 Å². The van der Waals surface area contributed by atoms with Crippen LogP contribution in [-0.4, -0.2) is 73.1 Å². The van der Waals surface area contributed by atoms with Gasteiger partial charge in [-0.05, 0) is 37.5 Å². The van der Waals surface area contributed by atoms with Crippen molar-refractivity contribution in [2.24, 2.45) is 5.41 Å². The highest BCUT2D eigenvalue weighted by Crippen LogP contribution is 2.41. The molecule has 1 aromatic rings. The molecule has 6 heteroatoms. The summed E-state index contributed by atoms with van der Waals surface area (Å²) in [4.78, 5) is 30.8. The van der Waals surface area contributed by atoms with Crippen molar-refractivity contribution in [3.63, 3.8) is 0 Å². The second-order valence-corrected chi connectivity index (χ2v) is 7.81. The molecule has 0 spiro atoms. The number of anilines is 1. The third kappa shape index (κ3) is 3.30. The van der Waals surface area contributed by atoms with Crippen LogP contribution in [-0.2, 0) is 4.79 Å². The predicted molar refractivity (Wildman–Crippen MR) is 101 cm³/mol. The number of aliphatic hydroxyl groups is 1. The highest BCUT2D eigenvalue weighted by Gasteiger charge is 2.49. The minimum Gasteiger partial charge on any atom is -0.396 e. The summed E-state index contributed by atoms with van der Waals surface area (Å²) in [7, 11) is 3.91. The van der Waals surface area contributed by atoms with E-state index in [-0.39, 0.29) is 24.5 Å². The largest absolute Gasteiger partial charge is 0.396 e. The van der Waals surface area contributed by atoms with E-state index in [1.807, 2.05) is 53.1 Å². The molecule has 0 unspecified atom stereocenters. The Balaban J connectivity index is 1.87. The molecule has 2 heterocycles. The number of carbonyl (C=O) groups excluding carboxylic acids is 2. The van der Waals surface area contributed by atoms with Crippen LogP contribution >= 0.6 is 0 Å². The van der Waals surface area contributed by atoms with Gasteiger partial charge in [0.15, 0.2) is 0 Å². The molecular weight excluding hydrogens is 330 g/mol. The molecular formula is C20H29N3O3. The van der Waals surface area contributed by atoms with Gasteiger partial charge < -0.3 is 19.8 Å². The van der Waals surface area contributed by atoms with Crippen LogP contribution in [0.5, 0.6) is 0 Å². The minimum atomic E-state index is -0.406. The maximum Gasteiger partial charge on any atom is 0.254 e. The Morgan fingerprint density at radius 2 is 2.08 bits per heavy atom. The van der Waals surface area contributed by atoms with Crippen molar-refractivity contribution in [1.29, 1.82) is 0 Å². The van der Waals surface area contributed by atoms with Gasteiger partial charge in [0.05, 0.1) is 6.61 Å². The maximum absolute atomic E-state index is 13.2. The molecule has 2 aliphatic rings. The van der Waals surface area contributed by atoms with E-state index in [1.165, 1.54) is 0 Å². The first kappa shape index (κ1) is 18.7. The molecule has 0 bridgehead atoms. The molecule has 3 rings (SSSR count). The first-order valence-electron chi connectivity index (χ1n) is 9.33. The van der Waals surface area contributed by atoms with Crippen LogP contribution in [0.15, 0.2) is 24.3 Å². The lowest BCUT2D eigenvalue weighted by molar-refractivity contribution is -0.138. The van der Waals surface area contributed by atoms with Crippen molar-refractivity contribution in [2.75, 3.05) is 45.2 Å². The Bertz CT molecular complexity index is 691.